The molecule has 0 amide bonds. The van der Waals surface area contributed by atoms with Crippen LogP contribution < -0.4 is 0 Å². The van der Waals surface area contributed by atoms with Crippen molar-refractivity contribution in [3.05, 3.63) is 35.0 Å². The molecular weight excluding hydrogens is 214 g/mol. The molecule has 3 nitrogen and oxygen atoms in total. The van der Waals surface area contributed by atoms with Crippen molar-refractivity contribution in [3.8, 4) is 0 Å². The summed E-state index contributed by atoms with van der Waals surface area (Å²) in [4.78, 5) is 11.6. The summed E-state index contributed by atoms with van der Waals surface area (Å²) >= 11 is 0. The molecule has 0 aliphatic rings. The van der Waals surface area contributed by atoms with Gasteiger partial charge >= 0.3 is 0 Å². The zero-order valence-electron chi connectivity index (χ0n) is 10.4. The zero-order valence-corrected chi connectivity index (χ0v) is 10.4. The number of aliphatic hydroxyl groups is 1. The summed E-state index contributed by atoms with van der Waals surface area (Å²) in [5.41, 5.74) is 4.08. The van der Waals surface area contributed by atoms with E-state index < -0.39 is 0 Å². The van der Waals surface area contributed by atoms with Crippen LogP contribution in [0.2, 0.25) is 0 Å². The van der Waals surface area contributed by atoms with Gasteiger partial charge in [-0.3, -0.25) is 4.79 Å². The second kappa shape index (κ2) is 4.34. The average Bonchev–Trinajstić information content (AvgIpc) is 2.57. The molecule has 90 valence electrons. The number of hydrogen-bond donors (Lipinski definition) is 1. The Morgan fingerprint density at radius 1 is 1.35 bits per heavy atom. The minimum Gasteiger partial charge on any atom is -0.395 e. The van der Waals surface area contributed by atoms with Gasteiger partial charge in [-0.05, 0) is 32.4 Å². The van der Waals surface area contributed by atoms with Gasteiger partial charge < -0.3 is 9.67 Å². The molecule has 0 saturated heterocycles. The van der Waals surface area contributed by atoms with E-state index in [2.05, 4.69) is 6.07 Å². The number of aromatic nitrogens is 1. The van der Waals surface area contributed by atoms with E-state index in [1.807, 2.05) is 30.7 Å². The van der Waals surface area contributed by atoms with E-state index in [1.165, 1.54) is 0 Å². The predicted molar refractivity (Wildman–Crippen MR) is 68.5 cm³/mol. The highest BCUT2D eigenvalue weighted by Gasteiger charge is 2.13. The number of rotatable bonds is 3. The van der Waals surface area contributed by atoms with E-state index in [0.29, 0.717) is 6.54 Å². The number of fused-ring (bicyclic) bond motifs is 1. The second-order valence-electron chi connectivity index (χ2n) is 4.49. The van der Waals surface area contributed by atoms with Gasteiger partial charge in [-0.25, -0.2) is 0 Å². The first-order valence-corrected chi connectivity index (χ1v) is 5.76. The van der Waals surface area contributed by atoms with Crippen molar-refractivity contribution >= 4 is 16.7 Å². The normalized spacial score (nSPS) is 11.1. The molecule has 2 rings (SSSR count). The first-order chi connectivity index (χ1) is 8.04. The fourth-order valence-corrected chi connectivity index (χ4v) is 2.40. The van der Waals surface area contributed by atoms with Crippen LogP contribution in [0.15, 0.2) is 18.3 Å². The lowest BCUT2D eigenvalue weighted by atomic mass is 10.0. The third-order valence-electron chi connectivity index (χ3n) is 3.03. The smallest absolute Gasteiger partial charge is 0.161 e. The molecule has 0 atom stereocenters. The van der Waals surface area contributed by atoms with Crippen LogP contribution in [0.5, 0.6) is 0 Å². The second-order valence-corrected chi connectivity index (χ2v) is 4.49. The molecule has 3 heteroatoms. The first-order valence-electron chi connectivity index (χ1n) is 5.76. The van der Waals surface area contributed by atoms with Gasteiger partial charge in [-0.15, -0.1) is 0 Å². The number of carbonyl (C=O) groups is 1. The lowest BCUT2D eigenvalue weighted by molar-refractivity contribution is 0.101. The topological polar surface area (TPSA) is 42.2 Å². The molecule has 1 aromatic heterocycles. The molecule has 0 fully saturated rings. The Labute approximate surface area is 101 Å². The van der Waals surface area contributed by atoms with Crippen LogP contribution in [0.1, 0.15) is 28.4 Å². The molecular formula is C14H17NO2. The van der Waals surface area contributed by atoms with Crippen molar-refractivity contribution in [2.45, 2.75) is 27.3 Å². The fraction of sp³-hybridized carbons (Fsp3) is 0.357. The van der Waals surface area contributed by atoms with E-state index in [4.69, 9.17) is 5.11 Å². The van der Waals surface area contributed by atoms with Crippen LogP contribution >= 0.6 is 0 Å². The SMILES string of the molecule is CC(=O)c1cn(CCO)c2c(C)cc(C)cc12. The highest BCUT2D eigenvalue weighted by molar-refractivity contribution is 6.07. The number of hydrogen-bond acceptors (Lipinski definition) is 2. The Hall–Kier alpha value is -1.61. The third kappa shape index (κ3) is 1.98. The van der Waals surface area contributed by atoms with E-state index in [9.17, 15) is 4.79 Å². The Bertz CT molecular complexity index is 581. The Kier molecular flexibility index (Phi) is 3.03. The fourth-order valence-electron chi connectivity index (χ4n) is 2.40. The van der Waals surface area contributed by atoms with Crippen molar-refractivity contribution in [3.63, 3.8) is 0 Å². The van der Waals surface area contributed by atoms with Gasteiger partial charge in [-0.2, -0.15) is 0 Å². The lowest BCUT2D eigenvalue weighted by Gasteiger charge is -2.06. The Morgan fingerprint density at radius 2 is 2.06 bits per heavy atom. The van der Waals surface area contributed by atoms with E-state index in [-0.39, 0.29) is 12.4 Å². The van der Waals surface area contributed by atoms with Crippen molar-refractivity contribution in [2.24, 2.45) is 0 Å². The average molecular weight is 231 g/mol. The lowest BCUT2D eigenvalue weighted by Crippen LogP contribution is -2.01. The Balaban J connectivity index is 2.81. The summed E-state index contributed by atoms with van der Waals surface area (Å²) in [5.74, 6) is 0.0664. The van der Waals surface area contributed by atoms with Crippen LogP contribution in [-0.2, 0) is 6.54 Å². The summed E-state index contributed by atoms with van der Waals surface area (Å²) in [6.07, 6.45) is 1.84. The van der Waals surface area contributed by atoms with Gasteiger partial charge in [0.2, 0.25) is 0 Å². The molecule has 2 aromatic rings. The Morgan fingerprint density at radius 3 is 2.65 bits per heavy atom. The maximum atomic E-state index is 11.6. The van der Waals surface area contributed by atoms with Gasteiger partial charge in [0.15, 0.2) is 5.78 Å². The van der Waals surface area contributed by atoms with Crippen molar-refractivity contribution in [1.82, 2.24) is 4.57 Å². The molecule has 1 N–H and O–H groups in total. The number of aliphatic hydroxyl groups excluding tert-OH is 1. The standard InChI is InChI=1S/C14H17NO2/c1-9-6-10(2)14-12(7-9)13(11(3)17)8-15(14)4-5-16/h6-8,16H,4-5H2,1-3H3. The first kappa shape index (κ1) is 11.9. The number of Topliss-reactive ketones (excluding diaryl/α,β-unsaturated/α-hetero) is 1. The van der Waals surface area contributed by atoms with Crippen LogP contribution in [0.25, 0.3) is 10.9 Å². The molecule has 0 unspecified atom stereocenters. The summed E-state index contributed by atoms with van der Waals surface area (Å²) in [7, 11) is 0. The van der Waals surface area contributed by atoms with E-state index in [0.717, 1.165) is 27.6 Å². The van der Waals surface area contributed by atoms with Gasteiger partial charge in [0, 0.05) is 23.7 Å². The number of benzene rings is 1. The summed E-state index contributed by atoms with van der Waals surface area (Å²) in [5, 5.41) is 10.1. The largest absolute Gasteiger partial charge is 0.395 e. The highest BCUT2D eigenvalue weighted by atomic mass is 16.3. The van der Waals surface area contributed by atoms with Crippen molar-refractivity contribution in [1.29, 1.82) is 0 Å². The quantitative estimate of drug-likeness (QED) is 0.824. The molecule has 0 aliphatic carbocycles. The molecule has 0 radical (unpaired) electrons. The maximum absolute atomic E-state index is 11.6. The third-order valence-corrected chi connectivity index (χ3v) is 3.03. The predicted octanol–water partition coefficient (Wildman–Crippen LogP) is 2.45. The zero-order chi connectivity index (χ0) is 12.6. The van der Waals surface area contributed by atoms with Crippen molar-refractivity contribution in [2.75, 3.05) is 6.61 Å². The number of ketones is 1. The van der Waals surface area contributed by atoms with Gasteiger partial charge in [-0.1, -0.05) is 11.6 Å². The minimum absolute atomic E-state index is 0.0664. The molecule has 0 spiro atoms. The number of nitrogens with zero attached hydrogens (tertiary/aromatic N) is 1. The monoisotopic (exact) mass is 231 g/mol. The molecule has 0 saturated carbocycles. The van der Waals surface area contributed by atoms with Crippen molar-refractivity contribution < 1.29 is 9.90 Å². The molecule has 17 heavy (non-hydrogen) atoms. The van der Waals surface area contributed by atoms with Crippen LogP contribution in [-0.4, -0.2) is 22.1 Å². The number of carbonyl (C=O) groups excluding carboxylic acids is 1. The van der Waals surface area contributed by atoms with Crippen LogP contribution in [0.3, 0.4) is 0 Å². The molecule has 1 heterocycles. The summed E-state index contributed by atoms with van der Waals surface area (Å²) in [6.45, 7) is 6.24. The minimum atomic E-state index is 0.0664. The summed E-state index contributed by atoms with van der Waals surface area (Å²) in [6, 6.07) is 4.13. The van der Waals surface area contributed by atoms with E-state index in [1.54, 1.807) is 6.92 Å². The molecule has 1 aromatic carbocycles. The van der Waals surface area contributed by atoms with Gasteiger partial charge in [0.25, 0.3) is 0 Å². The maximum Gasteiger partial charge on any atom is 0.161 e. The highest BCUT2D eigenvalue weighted by Crippen LogP contribution is 2.26. The van der Waals surface area contributed by atoms with Crippen LogP contribution in [0.4, 0.5) is 0 Å². The summed E-state index contributed by atoms with van der Waals surface area (Å²) < 4.78 is 1.96. The number of aryl methyl sites for hydroxylation is 2. The van der Waals surface area contributed by atoms with E-state index >= 15 is 0 Å². The van der Waals surface area contributed by atoms with Gasteiger partial charge in [0.05, 0.1) is 12.1 Å². The molecule has 0 bridgehead atoms. The molecule has 0 aliphatic heterocycles. The van der Waals surface area contributed by atoms with Gasteiger partial charge in [0.1, 0.15) is 0 Å². The van der Waals surface area contributed by atoms with Crippen LogP contribution in [0, 0.1) is 13.8 Å².